The molecule has 0 radical (unpaired) electrons. The van der Waals surface area contributed by atoms with Crippen LogP contribution < -0.4 is 14.8 Å². The highest BCUT2D eigenvalue weighted by Gasteiger charge is 2.19. The maximum absolute atomic E-state index is 12.4. The van der Waals surface area contributed by atoms with E-state index in [0.717, 1.165) is 0 Å². The predicted molar refractivity (Wildman–Crippen MR) is 86.8 cm³/mol. The fourth-order valence-electron chi connectivity index (χ4n) is 1.97. The van der Waals surface area contributed by atoms with Crippen molar-refractivity contribution in [1.29, 1.82) is 0 Å². The number of aromatic nitrogens is 2. The van der Waals surface area contributed by atoms with E-state index in [1.54, 1.807) is 26.0 Å². The predicted octanol–water partition coefficient (Wildman–Crippen LogP) is 3.04. The van der Waals surface area contributed by atoms with Crippen molar-refractivity contribution in [2.24, 2.45) is 0 Å². The van der Waals surface area contributed by atoms with Crippen molar-refractivity contribution in [3.05, 3.63) is 33.9 Å². The number of aryl methyl sites for hydroxylation is 1. The van der Waals surface area contributed by atoms with E-state index in [4.69, 9.17) is 14.0 Å². The maximum atomic E-state index is 12.4. The van der Waals surface area contributed by atoms with E-state index < -0.39 is 6.04 Å². The molecule has 0 aliphatic heterocycles. The number of hydrogen-bond acceptors (Lipinski definition) is 6. The monoisotopic (exact) mass is 383 g/mol. The number of carbonyl (C=O) groups excluding carboxylic acids is 1. The molecular formula is C15H18BrN3O4. The van der Waals surface area contributed by atoms with Crippen LogP contribution in [0.15, 0.2) is 21.1 Å². The molecule has 1 amide bonds. The summed E-state index contributed by atoms with van der Waals surface area (Å²) in [6, 6.07) is 2.89. The molecule has 23 heavy (non-hydrogen) atoms. The van der Waals surface area contributed by atoms with Gasteiger partial charge in [0.1, 0.15) is 6.04 Å². The van der Waals surface area contributed by atoms with Crippen LogP contribution in [0.2, 0.25) is 0 Å². The molecule has 0 spiro atoms. The van der Waals surface area contributed by atoms with Gasteiger partial charge in [-0.25, -0.2) is 0 Å². The number of carbonyl (C=O) groups is 1. The summed E-state index contributed by atoms with van der Waals surface area (Å²) in [6.07, 6.45) is 0. The Morgan fingerprint density at radius 3 is 2.78 bits per heavy atom. The van der Waals surface area contributed by atoms with E-state index in [1.807, 2.05) is 6.92 Å². The lowest BCUT2D eigenvalue weighted by Gasteiger charge is -2.14. The third kappa shape index (κ3) is 4.01. The molecule has 0 saturated carbocycles. The van der Waals surface area contributed by atoms with Crippen LogP contribution in [0.25, 0.3) is 0 Å². The van der Waals surface area contributed by atoms with Crippen LogP contribution in [0.5, 0.6) is 11.5 Å². The first-order valence-corrected chi connectivity index (χ1v) is 7.87. The fraction of sp³-hybridized carbons (Fsp3) is 0.400. The Bertz CT molecular complexity index is 702. The van der Waals surface area contributed by atoms with Crippen molar-refractivity contribution >= 4 is 21.8 Å². The zero-order valence-electron chi connectivity index (χ0n) is 13.3. The van der Waals surface area contributed by atoms with E-state index >= 15 is 0 Å². The number of halogens is 1. The largest absolute Gasteiger partial charge is 0.493 e. The van der Waals surface area contributed by atoms with Crippen molar-refractivity contribution in [3.8, 4) is 11.5 Å². The molecule has 1 N–H and O–H groups in total. The minimum absolute atomic E-state index is 0.282. The average Bonchev–Trinajstić information content (AvgIpc) is 2.95. The minimum Gasteiger partial charge on any atom is -0.493 e. The van der Waals surface area contributed by atoms with Crippen LogP contribution in [0.4, 0.5) is 0 Å². The Morgan fingerprint density at radius 1 is 1.48 bits per heavy atom. The maximum Gasteiger partial charge on any atom is 0.252 e. The standard InChI is InChI=1S/C15H18BrN3O4/c1-5-22-13-11(16)6-10(7-12(13)21-4)14(20)17-8(2)15-18-9(3)19-23-15/h6-8H,5H2,1-4H3,(H,17,20). The van der Waals surface area contributed by atoms with Crippen LogP contribution in [0.3, 0.4) is 0 Å². The quantitative estimate of drug-likeness (QED) is 0.824. The van der Waals surface area contributed by atoms with Gasteiger partial charge in [0.05, 0.1) is 18.2 Å². The van der Waals surface area contributed by atoms with Gasteiger partial charge in [0.2, 0.25) is 5.89 Å². The van der Waals surface area contributed by atoms with Gasteiger partial charge in [-0.3, -0.25) is 4.79 Å². The molecule has 7 nitrogen and oxygen atoms in total. The Labute approximate surface area is 142 Å². The Hall–Kier alpha value is -2.09. The second kappa shape index (κ2) is 7.45. The van der Waals surface area contributed by atoms with Crippen molar-refractivity contribution in [2.75, 3.05) is 13.7 Å². The number of benzene rings is 1. The van der Waals surface area contributed by atoms with Gasteiger partial charge in [-0.2, -0.15) is 4.98 Å². The number of ether oxygens (including phenoxy) is 2. The van der Waals surface area contributed by atoms with Crippen LogP contribution >= 0.6 is 15.9 Å². The fourth-order valence-corrected chi connectivity index (χ4v) is 2.52. The Morgan fingerprint density at radius 2 is 2.22 bits per heavy atom. The van der Waals surface area contributed by atoms with Crippen molar-refractivity contribution < 1.29 is 18.8 Å². The van der Waals surface area contributed by atoms with Gasteiger partial charge in [0.15, 0.2) is 17.3 Å². The lowest BCUT2D eigenvalue weighted by atomic mass is 10.1. The van der Waals surface area contributed by atoms with Crippen LogP contribution in [-0.2, 0) is 0 Å². The number of hydrogen-bond donors (Lipinski definition) is 1. The zero-order valence-corrected chi connectivity index (χ0v) is 14.9. The van der Waals surface area contributed by atoms with E-state index in [9.17, 15) is 4.79 Å². The Balaban J connectivity index is 2.20. The lowest BCUT2D eigenvalue weighted by molar-refractivity contribution is 0.0932. The molecule has 1 heterocycles. The molecule has 2 aromatic rings. The molecule has 1 unspecified atom stereocenters. The number of nitrogens with one attached hydrogen (secondary N) is 1. The van der Waals surface area contributed by atoms with E-state index in [-0.39, 0.29) is 5.91 Å². The van der Waals surface area contributed by atoms with Gasteiger partial charge < -0.3 is 19.3 Å². The molecule has 1 aromatic carbocycles. The third-order valence-corrected chi connectivity index (χ3v) is 3.63. The summed E-state index contributed by atoms with van der Waals surface area (Å²) in [4.78, 5) is 16.5. The van der Waals surface area contributed by atoms with Gasteiger partial charge in [0, 0.05) is 5.56 Å². The summed E-state index contributed by atoms with van der Waals surface area (Å²) in [5.74, 6) is 1.63. The molecule has 0 aliphatic carbocycles. The summed E-state index contributed by atoms with van der Waals surface area (Å²) >= 11 is 3.40. The molecule has 0 saturated heterocycles. The van der Waals surface area contributed by atoms with E-state index in [1.165, 1.54) is 7.11 Å². The van der Waals surface area contributed by atoms with Crippen molar-refractivity contribution in [3.63, 3.8) is 0 Å². The normalized spacial score (nSPS) is 11.9. The summed E-state index contributed by atoms with van der Waals surface area (Å²) in [6.45, 7) is 5.86. The Kier molecular flexibility index (Phi) is 5.59. The zero-order chi connectivity index (χ0) is 17.0. The summed E-state index contributed by atoms with van der Waals surface area (Å²) in [5.41, 5.74) is 0.431. The second-order valence-corrected chi connectivity index (χ2v) is 5.65. The molecule has 1 atom stereocenters. The number of methoxy groups -OCH3 is 1. The van der Waals surface area contributed by atoms with E-state index in [0.29, 0.717) is 39.9 Å². The van der Waals surface area contributed by atoms with Gasteiger partial charge in [-0.05, 0) is 48.8 Å². The number of rotatable bonds is 6. The highest BCUT2D eigenvalue weighted by molar-refractivity contribution is 9.10. The summed E-state index contributed by atoms with van der Waals surface area (Å²) in [5, 5.41) is 6.51. The van der Waals surface area contributed by atoms with Crippen molar-refractivity contribution in [2.45, 2.75) is 26.8 Å². The SMILES string of the molecule is CCOc1c(Br)cc(C(=O)NC(C)c2nc(C)no2)cc1OC. The molecule has 0 bridgehead atoms. The minimum atomic E-state index is -0.403. The lowest BCUT2D eigenvalue weighted by Crippen LogP contribution is -2.27. The van der Waals surface area contributed by atoms with Crippen LogP contribution in [-0.4, -0.2) is 29.8 Å². The van der Waals surface area contributed by atoms with E-state index in [2.05, 4.69) is 31.4 Å². The summed E-state index contributed by atoms with van der Waals surface area (Å²) in [7, 11) is 1.52. The smallest absolute Gasteiger partial charge is 0.252 e. The van der Waals surface area contributed by atoms with Gasteiger partial charge in [-0.15, -0.1) is 0 Å². The number of nitrogens with zero attached hydrogens (tertiary/aromatic N) is 2. The first kappa shape index (κ1) is 17.3. The molecule has 8 heteroatoms. The molecular weight excluding hydrogens is 366 g/mol. The van der Waals surface area contributed by atoms with Crippen LogP contribution in [0.1, 0.15) is 42.0 Å². The van der Waals surface area contributed by atoms with Gasteiger partial charge in [-0.1, -0.05) is 5.16 Å². The topological polar surface area (TPSA) is 86.5 Å². The molecule has 1 aromatic heterocycles. The first-order chi connectivity index (χ1) is 11.0. The molecule has 0 aliphatic rings. The molecule has 124 valence electrons. The highest BCUT2D eigenvalue weighted by Crippen LogP contribution is 2.36. The van der Waals surface area contributed by atoms with Crippen LogP contribution in [0, 0.1) is 6.92 Å². The van der Waals surface area contributed by atoms with Crippen molar-refractivity contribution in [1.82, 2.24) is 15.5 Å². The van der Waals surface area contributed by atoms with Gasteiger partial charge in [0.25, 0.3) is 5.91 Å². The second-order valence-electron chi connectivity index (χ2n) is 4.80. The first-order valence-electron chi connectivity index (χ1n) is 7.07. The summed E-state index contributed by atoms with van der Waals surface area (Å²) < 4.78 is 16.5. The number of amides is 1. The third-order valence-electron chi connectivity index (χ3n) is 3.04. The molecule has 0 fully saturated rings. The highest BCUT2D eigenvalue weighted by atomic mass is 79.9. The average molecular weight is 384 g/mol. The van der Waals surface area contributed by atoms with Gasteiger partial charge >= 0.3 is 0 Å². The molecule has 2 rings (SSSR count).